The number of nitrogens with one attached hydrogen (secondary N) is 1. The minimum atomic E-state index is -0.516. The van der Waals surface area contributed by atoms with Gasteiger partial charge in [-0.05, 0) is 6.92 Å². The van der Waals surface area contributed by atoms with E-state index in [0.29, 0.717) is 0 Å². The van der Waals surface area contributed by atoms with Crippen molar-refractivity contribution in [1.82, 2.24) is 14.5 Å². The predicted octanol–water partition coefficient (Wildman–Crippen LogP) is -0.0680. The first-order valence-corrected chi connectivity index (χ1v) is 5.39. The summed E-state index contributed by atoms with van der Waals surface area (Å²) in [6.45, 7) is 2.21. The molecule has 0 bridgehead atoms. The van der Waals surface area contributed by atoms with Gasteiger partial charge in [0.15, 0.2) is 0 Å². The number of rotatable bonds is 2. The van der Waals surface area contributed by atoms with Crippen LogP contribution in [0.15, 0.2) is 21.9 Å². The number of nitrogens with zero attached hydrogens (tertiary/aromatic N) is 2. The minimum absolute atomic E-state index is 0.140. The van der Waals surface area contributed by atoms with Gasteiger partial charge in [0.2, 0.25) is 0 Å². The maximum Gasteiger partial charge on any atom is 0.330 e. The number of thiazole rings is 1. The van der Waals surface area contributed by atoms with Crippen LogP contribution in [0.25, 0.3) is 0 Å². The Hall–Kier alpha value is -1.89. The van der Waals surface area contributed by atoms with Crippen molar-refractivity contribution in [2.45, 2.75) is 13.5 Å². The van der Waals surface area contributed by atoms with Crippen LogP contribution in [0.4, 0.5) is 5.82 Å². The average Bonchev–Trinajstić information content (AvgIpc) is 2.58. The zero-order valence-corrected chi connectivity index (χ0v) is 9.37. The van der Waals surface area contributed by atoms with Crippen LogP contribution in [0.1, 0.15) is 9.88 Å². The van der Waals surface area contributed by atoms with Crippen molar-refractivity contribution in [3.8, 4) is 0 Å². The van der Waals surface area contributed by atoms with E-state index in [1.54, 1.807) is 6.20 Å². The van der Waals surface area contributed by atoms with E-state index in [0.717, 1.165) is 9.88 Å². The Labute approximate surface area is 94.4 Å². The second kappa shape index (κ2) is 3.93. The summed E-state index contributed by atoms with van der Waals surface area (Å²) < 4.78 is 1.28. The third-order valence-corrected chi connectivity index (χ3v) is 2.93. The topological polar surface area (TPSA) is 93.8 Å². The molecule has 2 aromatic rings. The Bertz CT molecular complexity index is 625. The molecule has 0 aliphatic rings. The van der Waals surface area contributed by atoms with Gasteiger partial charge in [0.05, 0.1) is 6.54 Å². The van der Waals surface area contributed by atoms with Crippen molar-refractivity contribution in [2.24, 2.45) is 0 Å². The van der Waals surface area contributed by atoms with Gasteiger partial charge in [-0.3, -0.25) is 14.3 Å². The molecule has 0 aliphatic heterocycles. The lowest BCUT2D eigenvalue weighted by atomic mass is 10.5. The van der Waals surface area contributed by atoms with Crippen LogP contribution in [-0.2, 0) is 6.54 Å². The van der Waals surface area contributed by atoms with Crippen molar-refractivity contribution >= 4 is 17.2 Å². The van der Waals surface area contributed by atoms with E-state index in [9.17, 15) is 9.59 Å². The molecule has 7 heteroatoms. The molecule has 3 N–H and O–H groups in total. The van der Waals surface area contributed by atoms with Crippen molar-refractivity contribution in [1.29, 1.82) is 0 Å². The number of hydrogen-bond donors (Lipinski definition) is 2. The molecule has 6 nitrogen and oxygen atoms in total. The third kappa shape index (κ3) is 2.03. The number of aromatic amines is 1. The second-order valence-corrected chi connectivity index (χ2v) is 4.63. The maximum absolute atomic E-state index is 11.5. The molecule has 2 aromatic heterocycles. The Kier molecular flexibility index (Phi) is 2.61. The van der Waals surface area contributed by atoms with Crippen LogP contribution in [0.3, 0.4) is 0 Å². The quantitative estimate of drug-likeness (QED) is 0.766. The van der Waals surface area contributed by atoms with Gasteiger partial charge in [-0.2, -0.15) is 0 Å². The molecule has 0 saturated heterocycles. The van der Waals surface area contributed by atoms with Gasteiger partial charge < -0.3 is 5.73 Å². The summed E-state index contributed by atoms with van der Waals surface area (Å²) in [5.41, 5.74) is 4.59. The molecule has 0 saturated carbocycles. The molecule has 16 heavy (non-hydrogen) atoms. The number of nitrogen functional groups attached to an aromatic ring is 1. The molecule has 0 radical (unpaired) electrons. The molecular formula is C9H10N4O2S. The fourth-order valence-corrected chi connectivity index (χ4v) is 2.09. The van der Waals surface area contributed by atoms with Gasteiger partial charge in [-0.1, -0.05) is 0 Å². The molecule has 0 aromatic carbocycles. The summed E-state index contributed by atoms with van der Waals surface area (Å²) in [6.07, 6.45) is 1.73. The van der Waals surface area contributed by atoms with Crippen molar-refractivity contribution in [3.63, 3.8) is 0 Å². The van der Waals surface area contributed by atoms with Crippen LogP contribution in [0.2, 0.25) is 0 Å². The summed E-state index contributed by atoms with van der Waals surface area (Å²) in [7, 11) is 0. The smallest absolute Gasteiger partial charge is 0.330 e. The molecule has 0 spiro atoms. The largest absolute Gasteiger partial charge is 0.385 e. The van der Waals surface area contributed by atoms with Gasteiger partial charge in [-0.15, -0.1) is 11.3 Å². The van der Waals surface area contributed by atoms with Gasteiger partial charge in [0.1, 0.15) is 10.8 Å². The SMILES string of the molecule is Cc1cnc(Cn2c(N)cc(=O)[nH]c2=O)s1. The Balaban J connectivity index is 2.42. The average molecular weight is 238 g/mol. The molecule has 0 aliphatic carbocycles. The Morgan fingerprint density at radius 2 is 2.31 bits per heavy atom. The highest BCUT2D eigenvalue weighted by molar-refractivity contribution is 7.11. The van der Waals surface area contributed by atoms with E-state index >= 15 is 0 Å². The van der Waals surface area contributed by atoms with E-state index < -0.39 is 11.2 Å². The van der Waals surface area contributed by atoms with Crippen molar-refractivity contribution in [3.05, 3.63) is 43.0 Å². The predicted molar refractivity (Wildman–Crippen MR) is 61.7 cm³/mol. The number of anilines is 1. The van der Waals surface area contributed by atoms with Crippen molar-refractivity contribution < 1.29 is 0 Å². The van der Waals surface area contributed by atoms with Crippen LogP contribution in [0.5, 0.6) is 0 Å². The summed E-state index contributed by atoms with van der Waals surface area (Å²) in [5.74, 6) is 0.140. The van der Waals surface area contributed by atoms with Crippen LogP contribution >= 0.6 is 11.3 Å². The van der Waals surface area contributed by atoms with E-state index in [1.807, 2.05) is 6.92 Å². The highest BCUT2D eigenvalue weighted by atomic mass is 32.1. The standard InChI is InChI=1S/C9H10N4O2S/c1-5-3-11-8(16-5)4-13-6(10)2-7(14)12-9(13)15/h2-3H,4,10H2,1H3,(H,12,14,15). The zero-order valence-electron chi connectivity index (χ0n) is 8.56. The van der Waals surface area contributed by atoms with Gasteiger partial charge in [-0.25, -0.2) is 9.78 Å². The van der Waals surface area contributed by atoms with Crippen LogP contribution in [-0.4, -0.2) is 14.5 Å². The first-order chi connectivity index (χ1) is 7.56. The normalized spacial score (nSPS) is 10.6. The lowest BCUT2D eigenvalue weighted by Crippen LogP contribution is -2.31. The molecular weight excluding hydrogens is 228 g/mol. The van der Waals surface area contributed by atoms with Gasteiger partial charge >= 0.3 is 5.69 Å². The minimum Gasteiger partial charge on any atom is -0.385 e. The first-order valence-electron chi connectivity index (χ1n) is 4.57. The summed E-state index contributed by atoms with van der Waals surface area (Å²) in [4.78, 5) is 29.8. The van der Waals surface area contributed by atoms with E-state index in [1.165, 1.54) is 22.0 Å². The van der Waals surface area contributed by atoms with Crippen LogP contribution in [0, 0.1) is 6.92 Å². The molecule has 0 amide bonds. The highest BCUT2D eigenvalue weighted by Crippen LogP contribution is 2.12. The van der Waals surface area contributed by atoms with E-state index in [2.05, 4.69) is 9.97 Å². The number of aromatic nitrogens is 3. The number of hydrogen-bond acceptors (Lipinski definition) is 5. The second-order valence-electron chi connectivity index (χ2n) is 3.31. The third-order valence-electron chi connectivity index (χ3n) is 2.03. The summed E-state index contributed by atoms with van der Waals surface area (Å²) in [6, 6.07) is 1.18. The molecule has 2 rings (SSSR count). The Morgan fingerprint density at radius 3 is 2.88 bits per heavy atom. The van der Waals surface area contributed by atoms with Gasteiger partial charge in [0, 0.05) is 17.1 Å². The summed E-state index contributed by atoms with van der Waals surface area (Å²) in [5, 5.41) is 0.776. The fourth-order valence-electron chi connectivity index (χ4n) is 1.31. The lowest BCUT2D eigenvalue weighted by molar-refractivity contribution is 0.728. The maximum atomic E-state index is 11.5. The molecule has 84 valence electrons. The van der Waals surface area contributed by atoms with Gasteiger partial charge in [0.25, 0.3) is 5.56 Å². The number of nitrogens with two attached hydrogens (primary N) is 1. The zero-order chi connectivity index (χ0) is 11.7. The lowest BCUT2D eigenvalue weighted by Gasteiger charge is -2.05. The first kappa shape index (κ1) is 10.6. The fraction of sp³-hybridized carbons (Fsp3) is 0.222. The van der Waals surface area contributed by atoms with Crippen molar-refractivity contribution in [2.75, 3.05) is 5.73 Å². The number of aryl methyl sites for hydroxylation is 1. The molecule has 0 unspecified atom stereocenters. The Morgan fingerprint density at radius 1 is 1.56 bits per heavy atom. The van der Waals surface area contributed by atoms with E-state index in [-0.39, 0.29) is 12.4 Å². The number of H-pyrrole nitrogens is 1. The highest BCUT2D eigenvalue weighted by Gasteiger charge is 2.06. The van der Waals surface area contributed by atoms with Crippen LogP contribution < -0.4 is 17.0 Å². The monoisotopic (exact) mass is 238 g/mol. The van der Waals surface area contributed by atoms with E-state index in [4.69, 9.17) is 5.73 Å². The molecule has 0 atom stereocenters. The summed E-state index contributed by atoms with van der Waals surface area (Å²) >= 11 is 1.49. The molecule has 0 fully saturated rings. The molecule has 2 heterocycles.